The Balaban J connectivity index is 2.98. The number of hydrogen-bond acceptors (Lipinski definition) is 4. The number of benzene rings is 1. The molecular weight excluding hydrogens is 268 g/mol. The number of nitrogens with one attached hydrogen (secondary N) is 1. The van der Waals surface area contributed by atoms with Crippen molar-refractivity contribution in [1.29, 1.82) is 0 Å². The zero-order chi connectivity index (χ0) is 14.7. The van der Waals surface area contributed by atoms with Gasteiger partial charge in [0, 0.05) is 6.54 Å². The molecule has 106 valence electrons. The highest BCUT2D eigenvalue weighted by molar-refractivity contribution is 7.90. The predicted octanol–water partition coefficient (Wildman–Crippen LogP) is 1.03. The van der Waals surface area contributed by atoms with Gasteiger partial charge in [-0.3, -0.25) is 4.72 Å². The van der Waals surface area contributed by atoms with Crippen molar-refractivity contribution in [3.8, 4) is 0 Å². The van der Waals surface area contributed by atoms with Crippen LogP contribution < -0.4 is 9.83 Å². The highest BCUT2D eigenvalue weighted by Crippen LogP contribution is 2.19. The first-order valence-corrected chi connectivity index (χ1v) is 7.12. The lowest BCUT2D eigenvalue weighted by Gasteiger charge is -2.31. The summed E-state index contributed by atoms with van der Waals surface area (Å²) in [6, 6.07) is 8.07. The lowest BCUT2D eigenvalue weighted by atomic mass is 9.97. The Morgan fingerprint density at radius 1 is 1.26 bits per heavy atom. The van der Waals surface area contributed by atoms with E-state index in [0.29, 0.717) is 9.99 Å². The number of carbonyl (C=O) groups is 1. The molecule has 1 amide bonds. The minimum atomic E-state index is -4.19. The topological polar surface area (TPSA) is 89.5 Å². The van der Waals surface area contributed by atoms with Crippen LogP contribution >= 0.6 is 0 Å². The van der Waals surface area contributed by atoms with Crippen LogP contribution in [0.15, 0.2) is 30.3 Å². The van der Waals surface area contributed by atoms with Gasteiger partial charge in [0.1, 0.15) is 0 Å². The van der Waals surface area contributed by atoms with E-state index < -0.39 is 21.7 Å². The summed E-state index contributed by atoms with van der Waals surface area (Å²) in [4.78, 5) is 11.0. The summed E-state index contributed by atoms with van der Waals surface area (Å²) < 4.78 is 26.5. The summed E-state index contributed by atoms with van der Waals surface area (Å²) in [6.45, 7) is 5.03. The van der Waals surface area contributed by atoms with Gasteiger partial charge in [0.15, 0.2) is 6.09 Å². The van der Waals surface area contributed by atoms with E-state index >= 15 is 0 Å². The molecule has 0 radical (unpaired) electrons. The Labute approximate surface area is 113 Å². The van der Waals surface area contributed by atoms with Gasteiger partial charge in [-0.15, -0.1) is 0 Å². The van der Waals surface area contributed by atoms with Crippen LogP contribution in [0.1, 0.15) is 20.8 Å². The van der Waals surface area contributed by atoms with Gasteiger partial charge in [-0.25, -0.2) is 4.31 Å². The highest BCUT2D eigenvalue weighted by atomic mass is 32.2. The van der Waals surface area contributed by atoms with Gasteiger partial charge in [0.05, 0.1) is 5.69 Å². The van der Waals surface area contributed by atoms with E-state index in [1.165, 1.54) is 12.1 Å². The summed E-state index contributed by atoms with van der Waals surface area (Å²) in [5.74, 6) is 0. The van der Waals surface area contributed by atoms with Crippen LogP contribution in [0.25, 0.3) is 0 Å². The van der Waals surface area contributed by atoms with Crippen molar-refractivity contribution < 1.29 is 18.3 Å². The number of para-hydroxylation sites is 1. The molecule has 19 heavy (non-hydrogen) atoms. The summed E-state index contributed by atoms with van der Waals surface area (Å²) in [7, 11) is -4.19. The number of anilines is 1. The molecule has 0 atom stereocenters. The molecule has 0 aromatic heterocycles. The van der Waals surface area contributed by atoms with Crippen LogP contribution in [0, 0.1) is 5.41 Å². The Kier molecular flexibility index (Phi) is 4.41. The monoisotopic (exact) mass is 285 g/mol. The zero-order valence-corrected chi connectivity index (χ0v) is 11.9. The van der Waals surface area contributed by atoms with E-state index in [2.05, 4.69) is 4.72 Å². The van der Waals surface area contributed by atoms with Crippen LogP contribution in [-0.4, -0.2) is 25.4 Å². The normalized spacial score (nSPS) is 11.9. The number of nitrogens with zero attached hydrogens (tertiary/aromatic N) is 1. The molecule has 0 saturated carbocycles. The van der Waals surface area contributed by atoms with E-state index in [1.54, 1.807) is 39.0 Å². The maximum atomic E-state index is 12.0. The molecule has 0 bridgehead atoms. The second kappa shape index (κ2) is 5.48. The molecule has 0 aliphatic rings. The average molecular weight is 285 g/mol. The summed E-state index contributed by atoms with van der Waals surface area (Å²) in [6.07, 6.45) is -1.75. The SMILES string of the molecule is CC(C)(C)CN(C(=O)[O-])S(=O)(=O)Nc1ccccc1. The summed E-state index contributed by atoms with van der Waals surface area (Å²) in [5.41, 5.74) is -0.214. The zero-order valence-electron chi connectivity index (χ0n) is 11.1. The first-order valence-electron chi connectivity index (χ1n) is 5.68. The van der Waals surface area contributed by atoms with E-state index in [0.717, 1.165) is 0 Å². The maximum absolute atomic E-state index is 12.0. The first-order chi connectivity index (χ1) is 8.62. The molecule has 6 nitrogen and oxygen atoms in total. The summed E-state index contributed by atoms with van der Waals surface area (Å²) in [5, 5.41) is 11.0. The lowest BCUT2D eigenvalue weighted by Crippen LogP contribution is -2.50. The van der Waals surface area contributed by atoms with Crippen molar-refractivity contribution in [2.45, 2.75) is 20.8 Å². The molecule has 1 N–H and O–H groups in total. The number of hydrogen-bond donors (Lipinski definition) is 1. The molecule has 1 aromatic carbocycles. The van der Waals surface area contributed by atoms with E-state index in [-0.39, 0.29) is 6.54 Å². The van der Waals surface area contributed by atoms with Crippen LogP contribution in [0.2, 0.25) is 0 Å². The van der Waals surface area contributed by atoms with Crippen molar-refractivity contribution in [3.05, 3.63) is 30.3 Å². The van der Waals surface area contributed by atoms with E-state index in [9.17, 15) is 18.3 Å². The second-order valence-corrected chi connectivity index (χ2v) is 6.90. The van der Waals surface area contributed by atoms with Crippen molar-refractivity contribution in [2.24, 2.45) is 5.41 Å². The minimum Gasteiger partial charge on any atom is -0.529 e. The number of carbonyl (C=O) groups excluding carboxylic acids is 1. The van der Waals surface area contributed by atoms with Crippen LogP contribution in [0.4, 0.5) is 10.5 Å². The van der Waals surface area contributed by atoms with Gasteiger partial charge in [-0.2, -0.15) is 8.42 Å². The van der Waals surface area contributed by atoms with Gasteiger partial charge in [0.2, 0.25) is 0 Å². The minimum absolute atomic E-state index is 0.183. The first kappa shape index (κ1) is 15.3. The molecule has 0 aliphatic heterocycles. The largest absolute Gasteiger partial charge is 0.529 e. The Morgan fingerprint density at radius 3 is 2.21 bits per heavy atom. The Hall–Kier alpha value is -1.76. The Morgan fingerprint density at radius 2 is 1.79 bits per heavy atom. The molecule has 1 rings (SSSR count). The van der Waals surface area contributed by atoms with Crippen LogP contribution in [-0.2, 0) is 10.2 Å². The van der Waals surface area contributed by atoms with Crippen molar-refractivity contribution in [3.63, 3.8) is 0 Å². The molecule has 7 heteroatoms. The molecule has 0 spiro atoms. The molecule has 0 aliphatic carbocycles. The van der Waals surface area contributed by atoms with Crippen molar-refractivity contribution >= 4 is 22.0 Å². The molecule has 0 unspecified atom stereocenters. The van der Waals surface area contributed by atoms with Gasteiger partial charge < -0.3 is 9.90 Å². The van der Waals surface area contributed by atoms with Gasteiger partial charge in [-0.05, 0) is 17.5 Å². The fourth-order valence-corrected chi connectivity index (χ4v) is 2.69. The summed E-state index contributed by atoms with van der Waals surface area (Å²) >= 11 is 0. The molecule has 0 saturated heterocycles. The standard InChI is InChI=1S/C12H18N2O4S/c1-12(2,3)9-14(11(15)16)19(17,18)13-10-7-5-4-6-8-10/h4-8,13H,9H2,1-3H3,(H,15,16)/p-1. The number of carboxylic acid groups (broad SMARTS) is 1. The molecule has 0 fully saturated rings. The van der Waals surface area contributed by atoms with Gasteiger partial charge in [-0.1, -0.05) is 39.0 Å². The Bertz CT molecular complexity index is 535. The smallest absolute Gasteiger partial charge is 0.324 e. The van der Waals surface area contributed by atoms with E-state index in [1.807, 2.05) is 0 Å². The molecule has 1 aromatic rings. The van der Waals surface area contributed by atoms with E-state index in [4.69, 9.17) is 0 Å². The van der Waals surface area contributed by atoms with Gasteiger partial charge >= 0.3 is 10.2 Å². The molecular formula is C12H17N2O4S-. The van der Waals surface area contributed by atoms with Crippen LogP contribution in [0.3, 0.4) is 0 Å². The lowest BCUT2D eigenvalue weighted by molar-refractivity contribution is -0.260. The van der Waals surface area contributed by atoms with Crippen LogP contribution in [0.5, 0.6) is 0 Å². The number of rotatable bonds is 4. The van der Waals surface area contributed by atoms with Gasteiger partial charge in [0.25, 0.3) is 0 Å². The molecule has 0 heterocycles. The van der Waals surface area contributed by atoms with Crippen molar-refractivity contribution in [2.75, 3.05) is 11.3 Å². The average Bonchev–Trinajstić information content (AvgIpc) is 2.25. The fourth-order valence-electron chi connectivity index (χ4n) is 1.39. The maximum Gasteiger partial charge on any atom is 0.324 e. The third-order valence-corrected chi connectivity index (χ3v) is 3.48. The predicted molar refractivity (Wildman–Crippen MR) is 70.5 cm³/mol. The third kappa shape index (κ3) is 4.78. The number of amides is 1. The third-order valence-electron chi connectivity index (χ3n) is 2.13. The fraction of sp³-hybridized carbons (Fsp3) is 0.417. The van der Waals surface area contributed by atoms with Crippen molar-refractivity contribution in [1.82, 2.24) is 4.31 Å². The highest BCUT2D eigenvalue weighted by Gasteiger charge is 2.26. The quantitative estimate of drug-likeness (QED) is 0.894. The second-order valence-electron chi connectivity index (χ2n) is 5.31.